The van der Waals surface area contributed by atoms with Crippen LogP contribution in [0.15, 0.2) is 12.1 Å². The molecule has 8 heteroatoms. The van der Waals surface area contributed by atoms with Gasteiger partial charge in [0.05, 0.1) is 0 Å². The fourth-order valence-electron chi connectivity index (χ4n) is 3.27. The van der Waals surface area contributed by atoms with E-state index in [9.17, 15) is 4.79 Å². The fourth-order valence-corrected chi connectivity index (χ4v) is 3.27. The molecular weight excluding hydrogens is 332 g/mol. The molecule has 3 rings (SSSR count). The Morgan fingerprint density at radius 1 is 1.31 bits per heavy atom. The van der Waals surface area contributed by atoms with E-state index >= 15 is 0 Å². The molecule has 0 radical (unpaired) electrons. The van der Waals surface area contributed by atoms with Gasteiger partial charge in [-0.15, -0.1) is 15.3 Å². The summed E-state index contributed by atoms with van der Waals surface area (Å²) in [6.07, 6.45) is 2.53. The van der Waals surface area contributed by atoms with E-state index in [-0.39, 0.29) is 17.7 Å². The van der Waals surface area contributed by atoms with Gasteiger partial charge < -0.3 is 15.0 Å². The first-order valence-electron chi connectivity index (χ1n) is 9.34. The molecule has 26 heavy (non-hydrogen) atoms. The summed E-state index contributed by atoms with van der Waals surface area (Å²) in [6.45, 7) is 7.18. The van der Waals surface area contributed by atoms with Gasteiger partial charge in [0.2, 0.25) is 5.91 Å². The van der Waals surface area contributed by atoms with E-state index < -0.39 is 0 Å². The number of fused-ring (bicyclic) bond motifs is 1. The van der Waals surface area contributed by atoms with Crippen molar-refractivity contribution in [1.82, 2.24) is 25.1 Å². The van der Waals surface area contributed by atoms with Crippen LogP contribution >= 0.6 is 0 Å². The number of hydrogen-bond acceptors (Lipinski definition) is 6. The number of anilines is 1. The summed E-state index contributed by atoms with van der Waals surface area (Å²) in [5.74, 6) is 2.29. The van der Waals surface area contributed by atoms with Gasteiger partial charge in [-0.05, 0) is 31.4 Å². The summed E-state index contributed by atoms with van der Waals surface area (Å²) in [4.78, 5) is 14.5. The molecular formula is C18H28N6O2. The Bertz CT molecular complexity index is 736. The Hall–Kier alpha value is -2.22. The summed E-state index contributed by atoms with van der Waals surface area (Å²) in [7, 11) is 1.67. The van der Waals surface area contributed by atoms with Gasteiger partial charge in [0.15, 0.2) is 11.5 Å². The van der Waals surface area contributed by atoms with Gasteiger partial charge in [-0.3, -0.25) is 4.79 Å². The summed E-state index contributed by atoms with van der Waals surface area (Å²) in [5, 5.41) is 16.1. The number of carbonyl (C=O) groups excluding carboxylic acids is 1. The highest BCUT2D eigenvalue weighted by Crippen LogP contribution is 2.23. The summed E-state index contributed by atoms with van der Waals surface area (Å²) in [6, 6.07) is 3.94. The standard InChI is InChI=1S/C18H28N6O2/c1-13(2)17-21-20-15-5-6-16(22-24(15)17)23-10-7-14(8-11-23)18(25)19-9-4-12-26-3/h5-6,13-14H,4,7-12H2,1-3H3,(H,19,25). The second-order valence-electron chi connectivity index (χ2n) is 7.07. The van der Waals surface area contributed by atoms with Crippen LogP contribution in [0.3, 0.4) is 0 Å². The predicted octanol–water partition coefficient (Wildman–Crippen LogP) is 1.62. The lowest BCUT2D eigenvalue weighted by molar-refractivity contribution is -0.125. The topological polar surface area (TPSA) is 84.6 Å². The van der Waals surface area contributed by atoms with Crippen LogP contribution in [-0.2, 0) is 9.53 Å². The lowest BCUT2D eigenvalue weighted by atomic mass is 9.96. The van der Waals surface area contributed by atoms with Crippen molar-refractivity contribution in [3.8, 4) is 0 Å². The quantitative estimate of drug-likeness (QED) is 0.755. The highest BCUT2D eigenvalue weighted by atomic mass is 16.5. The number of carbonyl (C=O) groups is 1. The molecule has 0 atom stereocenters. The Morgan fingerprint density at radius 3 is 2.77 bits per heavy atom. The van der Waals surface area contributed by atoms with Crippen LogP contribution < -0.4 is 10.2 Å². The van der Waals surface area contributed by atoms with Gasteiger partial charge in [-0.1, -0.05) is 13.8 Å². The average Bonchev–Trinajstić information content (AvgIpc) is 3.08. The van der Waals surface area contributed by atoms with Crippen molar-refractivity contribution in [3.63, 3.8) is 0 Å². The maximum atomic E-state index is 12.3. The SMILES string of the molecule is COCCCNC(=O)C1CCN(c2ccc3nnc(C(C)C)n3n2)CC1. The van der Waals surface area contributed by atoms with Gasteiger partial charge in [0.1, 0.15) is 5.82 Å². The third-order valence-electron chi connectivity index (χ3n) is 4.80. The molecule has 1 aliphatic rings. The molecule has 1 fully saturated rings. The van der Waals surface area contributed by atoms with E-state index in [2.05, 4.69) is 34.3 Å². The van der Waals surface area contributed by atoms with E-state index in [1.165, 1.54) is 0 Å². The van der Waals surface area contributed by atoms with Crippen LogP contribution in [-0.4, -0.2) is 59.1 Å². The lowest BCUT2D eigenvalue weighted by Crippen LogP contribution is -2.41. The molecule has 1 saturated heterocycles. The van der Waals surface area contributed by atoms with Gasteiger partial charge in [0, 0.05) is 45.2 Å². The molecule has 1 N–H and O–H groups in total. The van der Waals surface area contributed by atoms with Crippen LogP contribution in [0.25, 0.3) is 5.65 Å². The average molecular weight is 360 g/mol. The van der Waals surface area contributed by atoms with Crippen molar-refractivity contribution in [2.75, 3.05) is 38.3 Å². The molecule has 2 aromatic heterocycles. The molecule has 2 aromatic rings. The Morgan fingerprint density at radius 2 is 2.08 bits per heavy atom. The van der Waals surface area contributed by atoms with Crippen molar-refractivity contribution in [2.45, 2.75) is 39.0 Å². The van der Waals surface area contributed by atoms with Crippen LogP contribution in [0.5, 0.6) is 0 Å². The fraction of sp³-hybridized carbons (Fsp3) is 0.667. The van der Waals surface area contributed by atoms with Gasteiger partial charge in [-0.2, -0.15) is 4.52 Å². The van der Waals surface area contributed by atoms with Gasteiger partial charge >= 0.3 is 0 Å². The van der Waals surface area contributed by atoms with Crippen molar-refractivity contribution in [2.24, 2.45) is 5.92 Å². The molecule has 0 spiro atoms. The number of ether oxygens (including phenoxy) is 1. The number of methoxy groups -OCH3 is 1. The van der Waals surface area contributed by atoms with Crippen LogP contribution in [0.4, 0.5) is 5.82 Å². The molecule has 0 aliphatic carbocycles. The van der Waals surface area contributed by atoms with Crippen LogP contribution in [0.1, 0.15) is 44.9 Å². The van der Waals surface area contributed by atoms with Crippen molar-refractivity contribution >= 4 is 17.4 Å². The number of amides is 1. The van der Waals surface area contributed by atoms with Crippen molar-refractivity contribution in [1.29, 1.82) is 0 Å². The van der Waals surface area contributed by atoms with E-state index in [4.69, 9.17) is 9.84 Å². The molecule has 3 heterocycles. The number of rotatable bonds is 7. The first kappa shape index (κ1) is 18.6. The second-order valence-corrected chi connectivity index (χ2v) is 7.07. The second kappa shape index (κ2) is 8.44. The normalized spacial score (nSPS) is 15.8. The molecule has 0 aromatic carbocycles. The largest absolute Gasteiger partial charge is 0.385 e. The monoisotopic (exact) mass is 360 g/mol. The van der Waals surface area contributed by atoms with Crippen LogP contribution in [0, 0.1) is 5.92 Å². The molecule has 0 bridgehead atoms. The molecule has 1 amide bonds. The molecule has 8 nitrogen and oxygen atoms in total. The number of piperidine rings is 1. The first-order chi connectivity index (χ1) is 12.6. The predicted molar refractivity (Wildman–Crippen MR) is 99.3 cm³/mol. The Balaban J connectivity index is 1.58. The zero-order valence-corrected chi connectivity index (χ0v) is 15.8. The smallest absolute Gasteiger partial charge is 0.223 e. The maximum Gasteiger partial charge on any atom is 0.223 e. The number of aromatic nitrogens is 4. The number of hydrogen-bond donors (Lipinski definition) is 1. The number of nitrogens with one attached hydrogen (secondary N) is 1. The highest BCUT2D eigenvalue weighted by Gasteiger charge is 2.25. The lowest BCUT2D eigenvalue weighted by Gasteiger charge is -2.32. The molecule has 0 unspecified atom stereocenters. The van der Waals surface area contributed by atoms with Gasteiger partial charge in [-0.25, -0.2) is 0 Å². The Labute approximate surface area is 153 Å². The maximum absolute atomic E-state index is 12.3. The highest BCUT2D eigenvalue weighted by molar-refractivity contribution is 5.78. The molecule has 142 valence electrons. The zero-order chi connectivity index (χ0) is 18.5. The third kappa shape index (κ3) is 4.12. The summed E-state index contributed by atoms with van der Waals surface area (Å²) >= 11 is 0. The van der Waals surface area contributed by atoms with E-state index in [0.717, 1.165) is 49.6 Å². The third-order valence-corrected chi connectivity index (χ3v) is 4.80. The first-order valence-corrected chi connectivity index (χ1v) is 9.34. The Kier molecular flexibility index (Phi) is 6.03. The molecule has 1 aliphatic heterocycles. The minimum absolute atomic E-state index is 0.0821. The van der Waals surface area contributed by atoms with E-state index in [0.29, 0.717) is 13.2 Å². The van der Waals surface area contributed by atoms with E-state index in [1.807, 2.05) is 16.6 Å². The van der Waals surface area contributed by atoms with Crippen LogP contribution in [0.2, 0.25) is 0 Å². The number of nitrogens with zero attached hydrogens (tertiary/aromatic N) is 5. The minimum Gasteiger partial charge on any atom is -0.385 e. The zero-order valence-electron chi connectivity index (χ0n) is 15.8. The minimum atomic E-state index is 0.0821. The summed E-state index contributed by atoms with van der Waals surface area (Å²) in [5.41, 5.74) is 0.766. The van der Waals surface area contributed by atoms with Crippen molar-refractivity contribution in [3.05, 3.63) is 18.0 Å². The van der Waals surface area contributed by atoms with Gasteiger partial charge in [0.25, 0.3) is 0 Å². The van der Waals surface area contributed by atoms with Crippen molar-refractivity contribution < 1.29 is 9.53 Å². The summed E-state index contributed by atoms with van der Waals surface area (Å²) < 4.78 is 6.83. The van der Waals surface area contributed by atoms with E-state index in [1.54, 1.807) is 7.11 Å². The molecule has 0 saturated carbocycles.